The van der Waals surface area contributed by atoms with Crippen LogP contribution in [0, 0.1) is 0 Å². The van der Waals surface area contributed by atoms with Gasteiger partial charge in [-0.15, -0.1) is 0 Å². The molecule has 0 bridgehead atoms. The van der Waals surface area contributed by atoms with Crippen molar-refractivity contribution in [1.29, 1.82) is 0 Å². The Morgan fingerprint density at radius 2 is 1.73 bits per heavy atom. The first-order valence-corrected chi connectivity index (χ1v) is 10.3. The summed E-state index contributed by atoms with van der Waals surface area (Å²) in [5, 5.41) is 3.73. The van der Waals surface area contributed by atoms with Crippen LogP contribution in [-0.2, 0) is 17.8 Å². The van der Waals surface area contributed by atoms with Crippen LogP contribution in [0.5, 0.6) is 11.5 Å². The van der Waals surface area contributed by atoms with Gasteiger partial charge >= 0.3 is 0 Å². The highest BCUT2D eigenvalue weighted by Crippen LogP contribution is 2.27. The lowest BCUT2D eigenvalue weighted by molar-refractivity contribution is -0.121. The molecule has 1 N–H and O–H groups in total. The molecule has 2 aromatic carbocycles. The Morgan fingerprint density at radius 1 is 1.03 bits per heavy atom. The molecule has 0 aliphatic heterocycles. The highest BCUT2D eigenvalue weighted by atomic mass is 35.5. The van der Waals surface area contributed by atoms with Crippen molar-refractivity contribution in [2.45, 2.75) is 25.3 Å². The van der Waals surface area contributed by atoms with Gasteiger partial charge in [0.25, 0.3) is 0 Å². The van der Waals surface area contributed by atoms with E-state index in [1.54, 1.807) is 14.2 Å². The number of halogens is 1. The fourth-order valence-corrected chi connectivity index (χ4v) is 3.57. The summed E-state index contributed by atoms with van der Waals surface area (Å²) in [4.78, 5) is 12.6. The summed E-state index contributed by atoms with van der Waals surface area (Å²) in [5.74, 6) is 1.48. The predicted molar refractivity (Wildman–Crippen MR) is 120 cm³/mol. The number of nitrogens with zero attached hydrogens (tertiary/aromatic N) is 1. The van der Waals surface area contributed by atoms with Crippen molar-refractivity contribution in [1.82, 2.24) is 9.88 Å². The van der Waals surface area contributed by atoms with Crippen LogP contribution in [-0.4, -0.2) is 31.2 Å². The zero-order valence-electron chi connectivity index (χ0n) is 17.3. The number of aromatic nitrogens is 1. The van der Waals surface area contributed by atoms with Crippen LogP contribution in [0.25, 0.3) is 0 Å². The van der Waals surface area contributed by atoms with E-state index in [0.29, 0.717) is 29.5 Å². The quantitative estimate of drug-likeness (QED) is 0.511. The molecule has 158 valence electrons. The van der Waals surface area contributed by atoms with Crippen molar-refractivity contribution < 1.29 is 14.3 Å². The van der Waals surface area contributed by atoms with Crippen molar-refractivity contribution >= 4 is 17.5 Å². The maximum absolute atomic E-state index is 12.6. The van der Waals surface area contributed by atoms with E-state index in [1.165, 1.54) is 0 Å². The Hall–Kier alpha value is -2.92. The van der Waals surface area contributed by atoms with Crippen LogP contribution < -0.4 is 14.8 Å². The molecule has 0 saturated heterocycles. The molecule has 0 saturated carbocycles. The van der Waals surface area contributed by atoms with Gasteiger partial charge in [0.2, 0.25) is 5.91 Å². The number of carbonyl (C=O) groups excluding carboxylic acids is 1. The maximum atomic E-state index is 12.6. The van der Waals surface area contributed by atoms with Crippen molar-refractivity contribution in [3.63, 3.8) is 0 Å². The van der Waals surface area contributed by atoms with E-state index in [1.807, 2.05) is 67.0 Å². The van der Waals surface area contributed by atoms with E-state index in [-0.39, 0.29) is 11.8 Å². The summed E-state index contributed by atoms with van der Waals surface area (Å²) in [7, 11) is 3.23. The number of hydrogen-bond acceptors (Lipinski definition) is 3. The summed E-state index contributed by atoms with van der Waals surface area (Å²) in [6.45, 7) is 1.29. The van der Waals surface area contributed by atoms with Crippen LogP contribution in [0.2, 0.25) is 5.02 Å². The number of carbonyl (C=O) groups is 1. The van der Waals surface area contributed by atoms with Gasteiger partial charge in [0, 0.05) is 42.8 Å². The lowest BCUT2D eigenvalue weighted by Crippen LogP contribution is -2.28. The van der Waals surface area contributed by atoms with Crippen molar-refractivity contribution in [2.24, 2.45) is 0 Å². The Kier molecular flexibility index (Phi) is 7.80. The smallest absolute Gasteiger partial charge is 0.220 e. The molecule has 0 unspecified atom stereocenters. The number of benzene rings is 2. The van der Waals surface area contributed by atoms with Crippen molar-refractivity contribution in [3.8, 4) is 11.5 Å². The Morgan fingerprint density at radius 3 is 2.40 bits per heavy atom. The second-order valence-electron chi connectivity index (χ2n) is 7.12. The van der Waals surface area contributed by atoms with Gasteiger partial charge in [-0.1, -0.05) is 29.8 Å². The van der Waals surface area contributed by atoms with Crippen LogP contribution in [0.15, 0.2) is 67.0 Å². The van der Waals surface area contributed by atoms with Gasteiger partial charge in [-0.2, -0.15) is 0 Å². The standard InChI is InChI=1S/C24H27ClN2O3/c1-29-22-10-5-18(15-23(22)30-2)11-12-26-24(28)16-20(17-27-13-3-4-14-27)19-6-8-21(25)9-7-19/h3-10,13-15,20H,11-12,16-17H2,1-2H3,(H,26,28)/t20-/m0/s1. The molecule has 5 nitrogen and oxygen atoms in total. The molecule has 1 aromatic heterocycles. The lowest BCUT2D eigenvalue weighted by atomic mass is 9.95. The van der Waals surface area contributed by atoms with E-state index in [2.05, 4.69) is 9.88 Å². The van der Waals surface area contributed by atoms with E-state index in [9.17, 15) is 4.79 Å². The van der Waals surface area contributed by atoms with Gasteiger partial charge in [0.1, 0.15) is 0 Å². The third-order valence-electron chi connectivity index (χ3n) is 5.05. The molecule has 0 aliphatic carbocycles. The SMILES string of the molecule is COc1ccc(CCNC(=O)C[C@@H](Cn2cccc2)c2ccc(Cl)cc2)cc1OC. The molecule has 6 heteroatoms. The van der Waals surface area contributed by atoms with Crippen LogP contribution in [0.4, 0.5) is 0 Å². The summed E-state index contributed by atoms with van der Waals surface area (Å²) in [6.07, 6.45) is 5.15. The first-order valence-electron chi connectivity index (χ1n) is 9.93. The highest BCUT2D eigenvalue weighted by molar-refractivity contribution is 6.30. The minimum absolute atomic E-state index is 0.0302. The topological polar surface area (TPSA) is 52.5 Å². The Bertz CT molecular complexity index is 940. The first-order chi connectivity index (χ1) is 14.6. The predicted octanol–water partition coefficient (Wildman–Crippen LogP) is 4.69. The molecule has 30 heavy (non-hydrogen) atoms. The Labute approximate surface area is 182 Å². The maximum Gasteiger partial charge on any atom is 0.220 e. The molecule has 3 aromatic rings. The number of amides is 1. The van der Waals surface area contributed by atoms with Gasteiger partial charge in [-0.25, -0.2) is 0 Å². The molecule has 1 heterocycles. The summed E-state index contributed by atoms with van der Waals surface area (Å²) in [5.41, 5.74) is 2.18. The molecule has 1 atom stereocenters. The highest BCUT2D eigenvalue weighted by Gasteiger charge is 2.17. The summed E-state index contributed by atoms with van der Waals surface area (Å²) in [6, 6.07) is 17.5. The molecule has 0 aliphatic rings. The second-order valence-corrected chi connectivity index (χ2v) is 7.56. The average Bonchev–Trinajstić information content (AvgIpc) is 3.27. The number of rotatable bonds is 10. The van der Waals surface area contributed by atoms with Gasteiger partial charge in [-0.3, -0.25) is 4.79 Å². The van der Waals surface area contributed by atoms with Crippen LogP contribution in [0.1, 0.15) is 23.5 Å². The molecular weight excluding hydrogens is 400 g/mol. The second kappa shape index (κ2) is 10.7. The minimum atomic E-state index is 0.0302. The van der Waals surface area contributed by atoms with Crippen molar-refractivity contribution in [2.75, 3.05) is 20.8 Å². The first kappa shape index (κ1) is 21.8. The molecule has 1 amide bonds. The summed E-state index contributed by atoms with van der Waals surface area (Å²) >= 11 is 6.03. The minimum Gasteiger partial charge on any atom is -0.493 e. The van der Waals surface area contributed by atoms with Gasteiger partial charge in [0.05, 0.1) is 14.2 Å². The zero-order valence-corrected chi connectivity index (χ0v) is 18.1. The third kappa shape index (κ3) is 6.04. The average molecular weight is 427 g/mol. The van der Waals surface area contributed by atoms with E-state index in [4.69, 9.17) is 21.1 Å². The fourth-order valence-electron chi connectivity index (χ4n) is 3.45. The van der Waals surface area contributed by atoms with Crippen LogP contribution in [0.3, 0.4) is 0 Å². The van der Waals surface area contributed by atoms with E-state index < -0.39 is 0 Å². The molecule has 0 fully saturated rings. The number of nitrogens with one attached hydrogen (secondary N) is 1. The largest absolute Gasteiger partial charge is 0.493 e. The number of ether oxygens (including phenoxy) is 2. The number of hydrogen-bond donors (Lipinski definition) is 1. The number of methoxy groups -OCH3 is 2. The van der Waals surface area contributed by atoms with Gasteiger partial charge in [0.15, 0.2) is 11.5 Å². The molecule has 0 radical (unpaired) electrons. The van der Waals surface area contributed by atoms with Crippen molar-refractivity contribution in [3.05, 3.63) is 83.1 Å². The van der Waals surface area contributed by atoms with Crippen LogP contribution >= 0.6 is 11.6 Å². The molecule has 0 spiro atoms. The van der Waals surface area contributed by atoms with E-state index >= 15 is 0 Å². The lowest BCUT2D eigenvalue weighted by Gasteiger charge is -2.18. The monoisotopic (exact) mass is 426 g/mol. The van der Waals surface area contributed by atoms with Gasteiger partial charge < -0.3 is 19.4 Å². The fraction of sp³-hybridized carbons (Fsp3) is 0.292. The molecule has 3 rings (SSSR count). The van der Waals surface area contributed by atoms with E-state index in [0.717, 1.165) is 24.1 Å². The normalized spacial score (nSPS) is 11.7. The summed E-state index contributed by atoms with van der Waals surface area (Å²) < 4.78 is 12.7. The molecular formula is C24H27ClN2O3. The third-order valence-corrected chi connectivity index (χ3v) is 5.31. The van der Waals surface area contributed by atoms with Gasteiger partial charge in [-0.05, 0) is 53.9 Å². The zero-order chi connectivity index (χ0) is 21.3. The Balaban J connectivity index is 1.58.